The van der Waals surface area contributed by atoms with Crippen LogP contribution in [0.25, 0.3) is 16.9 Å². The fraction of sp³-hybridized carbons (Fsp3) is 0.152. The number of methoxy groups -OCH3 is 2. The zero-order chi connectivity index (χ0) is 29.3. The summed E-state index contributed by atoms with van der Waals surface area (Å²) in [7, 11) is -0.890. The van der Waals surface area contributed by atoms with Crippen molar-refractivity contribution in [2.45, 2.75) is 24.3 Å². The molecule has 1 atom stereocenters. The second-order valence-electron chi connectivity index (χ2n) is 9.96. The van der Waals surface area contributed by atoms with Crippen LogP contribution in [0.4, 0.5) is 0 Å². The van der Waals surface area contributed by atoms with Crippen LogP contribution in [0.2, 0.25) is 0 Å². The molecule has 0 unspecified atom stereocenters. The van der Waals surface area contributed by atoms with Crippen LogP contribution in [0, 0.1) is 6.92 Å². The standard InChI is InChI=1S/C33H30N4O4S/c1-23-12-10-11-17-32(23)42(38,39)37-30(21-29(34-37)27-19-18-26(40-2)20-31(27)41-3)28-22-36(25-15-8-5-9-16-25)35-33(28)24-13-6-4-7-14-24/h4-20,22,30H,21H2,1-3H3/t30-/m1/s1. The van der Waals surface area contributed by atoms with Gasteiger partial charge < -0.3 is 9.47 Å². The van der Waals surface area contributed by atoms with E-state index in [4.69, 9.17) is 19.7 Å². The number of sulfonamides is 1. The average Bonchev–Trinajstić information content (AvgIpc) is 3.68. The number of para-hydroxylation sites is 1. The number of ether oxygens (including phenoxy) is 2. The molecule has 0 bridgehead atoms. The first-order valence-corrected chi connectivity index (χ1v) is 14.9. The van der Waals surface area contributed by atoms with Gasteiger partial charge in [-0.25, -0.2) is 4.68 Å². The van der Waals surface area contributed by atoms with Gasteiger partial charge >= 0.3 is 0 Å². The molecule has 4 aromatic carbocycles. The smallest absolute Gasteiger partial charge is 0.279 e. The van der Waals surface area contributed by atoms with Gasteiger partial charge in [-0.05, 0) is 42.8 Å². The highest BCUT2D eigenvalue weighted by atomic mass is 32.2. The fourth-order valence-electron chi connectivity index (χ4n) is 5.25. The SMILES string of the molecule is COc1ccc(C2=NN(S(=O)(=O)c3ccccc3C)[C@@H](c3cn(-c4ccccc4)nc3-c3ccccc3)C2)c(OC)c1. The zero-order valence-electron chi connectivity index (χ0n) is 23.5. The Labute approximate surface area is 245 Å². The van der Waals surface area contributed by atoms with Crippen molar-refractivity contribution in [1.29, 1.82) is 0 Å². The van der Waals surface area contributed by atoms with Gasteiger partial charge in [0.25, 0.3) is 10.0 Å². The first-order valence-electron chi connectivity index (χ1n) is 13.5. The molecule has 0 fully saturated rings. The van der Waals surface area contributed by atoms with Crippen LogP contribution in [0.15, 0.2) is 119 Å². The molecule has 0 spiro atoms. The molecule has 8 nitrogen and oxygen atoms in total. The number of aromatic nitrogens is 2. The van der Waals surface area contributed by atoms with E-state index in [1.54, 1.807) is 50.1 Å². The molecule has 9 heteroatoms. The molecule has 1 aliphatic heterocycles. The zero-order valence-corrected chi connectivity index (χ0v) is 24.3. The van der Waals surface area contributed by atoms with Crippen molar-refractivity contribution in [2.75, 3.05) is 14.2 Å². The normalized spacial score (nSPS) is 15.0. The Morgan fingerprint density at radius 2 is 1.52 bits per heavy atom. The summed E-state index contributed by atoms with van der Waals surface area (Å²) in [5.74, 6) is 1.18. The maximum Gasteiger partial charge on any atom is 0.279 e. The lowest BCUT2D eigenvalue weighted by molar-refractivity contribution is 0.372. The molecule has 0 radical (unpaired) electrons. The third-order valence-electron chi connectivity index (χ3n) is 7.38. The lowest BCUT2D eigenvalue weighted by Gasteiger charge is -2.24. The molecule has 6 rings (SSSR count). The number of hydrazone groups is 1. The van der Waals surface area contributed by atoms with Gasteiger partial charge in [0.1, 0.15) is 11.5 Å². The van der Waals surface area contributed by atoms with Crippen molar-refractivity contribution in [3.63, 3.8) is 0 Å². The van der Waals surface area contributed by atoms with Gasteiger partial charge in [0.2, 0.25) is 0 Å². The van der Waals surface area contributed by atoms with Crippen molar-refractivity contribution >= 4 is 15.7 Å². The van der Waals surface area contributed by atoms with Crippen LogP contribution < -0.4 is 9.47 Å². The molecule has 1 aromatic heterocycles. The molecule has 0 saturated heterocycles. The molecule has 1 aliphatic rings. The van der Waals surface area contributed by atoms with Crippen LogP contribution in [0.5, 0.6) is 11.5 Å². The highest BCUT2D eigenvalue weighted by Crippen LogP contribution is 2.43. The van der Waals surface area contributed by atoms with Crippen molar-refractivity contribution in [1.82, 2.24) is 14.2 Å². The fourth-order valence-corrected chi connectivity index (χ4v) is 6.91. The van der Waals surface area contributed by atoms with Crippen molar-refractivity contribution < 1.29 is 17.9 Å². The molecule has 42 heavy (non-hydrogen) atoms. The third kappa shape index (κ3) is 4.92. The van der Waals surface area contributed by atoms with Crippen LogP contribution >= 0.6 is 0 Å². The quantitative estimate of drug-likeness (QED) is 0.213. The van der Waals surface area contributed by atoms with E-state index in [-0.39, 0.29) is 4.90 Å². The summed E-state index contributed by atoms with van der Waals surface area (Å²) < 4.78 is 42.8. The van der Waals surface area contributed by atoms with E-state index < -0.39 is 16.1 Å². The first kappa shape index (κ1) is 27.3. The molecular formula is C33H30N4O4S. The highest BCUT2D eigenvalue weighted by molar-refractivity contribution is 7.89. The van der Waals surface area contributed by atoms with E-state index >= 15 is 0 Å². The first-order chi connectivity index (χ1) is 20.4. The molecule has 0 aliphatic carbocycles. The number of nitrogens with zero attached hydrogens (tertiary/aromatic N) is 4. The number of benzene rings is 4. The maximum absolute atomic E-state index is 14.3. The molecule has 212 valence electrons. The van der Waals surface area contributed by atoms with Gasteiger partial charge in [0.15, 0.2) is 0 Å². The average molecular weight is 579 g/mol. The summed E-state index contributed by atoms with van der Waals surface area (Å²) in [5, 5.41) is 9.75. The van der Waals surface area contributed by atoms with Crippen LogP contribution in [-0.4, -0.2) is 42.5 Å². The second-order valence-corrected chi connectivity index (χ2v) is 11.7. The summed E-state index contributed by atoms with van der Waals surface area (Å²) in [6, 6.07) is 31.3. The molecule has 5 aromatic rings. The Balaban J connectivity index is 1.55. The number of hydrogen-bond donors (Lipinski definition) is 0. The molecule has 2 heterocycles. The van der Waals surface area contributed by atoms with E-state index in [0.717, 1.165) is 16.8 Å². The minimum atomic E-state index is -4.05. The van der Waals surface area contributed by atoms with Crippen LogP contribution in [0.3, 0.4) is 0 Å². The van der Waals surface area contributed by atoms with Gasteiger partial charge in [-0.1, -0.05) is 66.7 Å². The summed E-state index contributed by atoms with van der Waals surface area (Å²) in [5.41, 5.74) is 5.10. The number of hydrogen-bond acceptors (Lipinski definition) is 6. The summed E-state index contributed by atoms with van der Waals surface area (Å²) >= 11 is 0. The predicted octanol–water partition coefficient (Wildman–Crippen LogP) is 6.40. The van der Waals surface area contributed by atoms with E-state index in [2.05, 4.69) is 0 Å². The Kier molecular flexibility index (Phi) is 7.26. The van der Waals surface area contributed by atoms with Crippen LogP contribution in [0.1, 0.15) is 29.2 Å². The molecule has 0 saturated carbocycles. The minimum Gasteiger partial charge on any atom is -0.497 e. The predicted molar refractivity (Wildman–Crippen MR) is 163 cm³/mol. The van der Waals surface area contributed by atoms with E-state index in [1.807, 2.05) is 85.1 Å². The van der Waals surface area contributed by atoms with Crippen molar-refractivity contribution in [3.05, 3.63) is 126 Å². The third-order valence-corrected chi connectivity index (χ3v) is 9.22. The molecule has 0 N–H and O–H groups in total. The summed E-state index contributed by atoms with van der Waals surface area (Å²) in [4.78, 5) is 0.207. The van der Waals surface area contributed by atoms with Gasteiger partial charge in [0, 0.05) is 35.4 Å². The van der Waals surface area contributed by atoms with E-state index in [9.17, 15) is 8.42 Å². The second kappa shape index (κ2) is 11.2. The Morgan fingerprint density at radius 1 is 0.833 bits per heavy atom. The topological polar surface area (TPSA) is 86.0 Å². The lowest BCUT2D eigenvalue weighted by atomic mass is 9.96. The largest absolute Gasteiger partial charge is 0.497 e. The van der Waals surface area contributed by atoms with Crippen molar-refractivity contribution in [2.24, 2.45) is 5.10 Å². The van der Waals surface area contributed by atoms with Gasteiger partial charge in [-0.2, -0.15) is 23.0 Å². The van der Waals surface area contributed by atoms with E-state index in [1.165, 1.54) is 4.41 Å². The summed E-state index contributed by atoms with van der Waals surface area (Å²) in [6.45, 7) is 1.79. The highest BCUT2D eigenvalue weighted by Gasteiger charge is 2.41. The van der Waals surface area contributed by atoms with Gasteiger partial charge in [0.05, 0.1) is 42.2 Å². The van der Waals surface area contributed by atoms with Gasteiger partial charge in [-0.3, -0.25) is 0 Å². The molecule has 0 amide bonds. The lowest BCUT2D eigenvalue weighted by Crippen LogP contribution is -2.28. The minimum absolute atomic E-state index is 0.207. The Hall–Kier alpha value is -4.89. The van der Waals surface area contributed by atoms with Crippen molar-refractivity contribution in [3.8, 4) is 28.4 Å². The van der Waals surface area contributed by atoms with E-state index in [0.29, 0.717) is 40.5 Å². The number of rotatable bonds is 8. The molecular weight excluding hydrogens is 548 g/mol. The Bertz CT molecular complexity index is 1870. The summed E-state index contributed by atoms with van der Waals surface area (Å²) in [6.07, 6.45) is 2.22. The monoisotopic (exact) mass is 578 g/mol. The number of aryl methyl sites for hydroxylation is 1. The van der Waals surface area contributed by atoms with Gasteiger partial charge in [-0.15, -0.1) is 0 Å². The maximum atomic E-state index is 14.3. The Morgan fingerprint density at radius 3 is 2.21 bits per heavy atom. The van der Waals surface area contributed by atoms with Crippen LogP contribution in [-0.2, 0) is 10.0 Å².